The van der Waals surface area contributed by atoms with Gasteiger partial charge < -0.3 is 5.11 Å². The van der Waals surface area contributed by atoms with E-state index >= 15 is 0 Å². The van der Waals surface area contributed by atoms with E-state index in [1.165, 1.54) is 12.1 Å². The summed E-state index contributed by atoms with van der Waals surface area (Å²) in [6.07, 6.45) is 0. The number of aromatic hydroxyl groups is 1. The Bertz CT molecular complexity index is 3740. The van der Waals surface area contributed by atoms with Crippen molar-refractivity contribution >= 4 is 11.0 Å². The summed E-state index contributed by atoms with van der Waals surface area (Å²) in [5.41, 5.74) is 5.55. The van der Waals surface area contributed by atoms with Gasteiger partial charge in [-0.25, -0.2) is 10.5 Å². The SMILES string of the molecule is [2H]c1c([2H])c(C(C([2H])([2H])[2H])(C([2H])([2H])[2H])C([2H])([2H])[2H])c([2H])c([2H])c1-c1cc[c-]c(-c2[c-]c(-c3cccc4c3nc(-c3cc(C(C)C)cc(C(C)C)c3O)n4-c3cc(-c4ccccc4)cc(C([2H])(C)C)c3)cc(-c3ccccc3)c2)c1.[Pt+2]. The van der Waals surface area contributed by atoms with Crippen LogP contribution in [0.25, 0.3) is 83.7 Å². The molecule has 0 saturated carbocycles. The van der Waals surface area contributed by atoms with E-state index in [0.29, 0.717) is 44.7 Å². The first-order chi connectivity index (χ1) is 37.0. The first kappa shape index (κ1) is 31.6. The molecule has 0 spiro atoms. The second-order valence-corrected chi connectivity index (χ2v) is 17.4. The molecule has 1 N–H and O–H groups in total. The zero-order valence-corrected chi connectivity index (χ0v) is 39.9. The topological polar surface area (TPSA) is 38.1 Å². The fourth-order valence-electron chi connectivity index (χ4n) is 8.29. The van der Waals surface area contributed by atoms with Gasteiger partial charge in [-0.15, -0.1) is 23.3 Å². The molecular weight excluding hydrogens is 984 g/mol. The number of hydrogen-bond acceptors (Lipinski definition) is 2. The fraction of sp³-hybridized carbons (Fsp3) is 0.210. The van der Waals surface area contributed by atoms with Crippen LogP contribution in [0.3, 0.4) is 0 Å². The molecule has 0 amide bonds. The molecule has 9 aromatic rings. The summed E-state index contributed by atoms with van der Waals surface area (Å²) in [5.74, 6) is -0.342. The molecule has 0 atom stereocenters. The Labute approximate surface area is 426 Å². The summed E-state index contributed by atoms with van der Waals surface area (Å²) in [6, 6.07) is 47.1. The largest absolute Gasteiger partial charge is 2.00 e. The van der Waals surface area contributed by atoms with Crippen molar-refractivity contribution in [3.05, 3.63) is 198 Å². The third-order valence-electron chi connectivity index (χ3n) is 11.9. The number of imidazole rings is 1. The molecule has 0 aliphatic rings. The maximum Gasteiger partial charge on any atom is 2.00 e. The fourth-order valence-corrected chi connectivity index (χ4v) is 8.29. The first-order valence-corrected chi connectivity index (χ1v) is 21.8. The number of phenols is 1. The normalized spacial score (nSPS) is 15.6. The van der Waals surface area contributed by atoms with Crippen LogP contribution in [0.2, 0.25) is 0 Å². The standard InChI is InChI=1S/C62H58N2O.Pt/c1-39(2)47-31-51(43-20-14-11-15-21-43)36-54(35-47)64-58-25-17-24-55(59(58)63-61(64)57-38-48(40(3)4)37-56(41(5)6)60(57)65)52-33-49(42-18-12-10-13-19-42)32-50(34-52)46-23-16-22-45(30-46)44-26-28-53(29-27-44)62(7,8)9;/h10-22,24-33,35-41,65H,1-9H3;/q-2;+2/i7D3,8D3,9D3,26D,27D,28D,29D,39D;. The van der Waals surface area contributed by atoms with Crippen LogP contribution >= 0.6 is 0 Å². The van der Waals surface area contributed by atoms with Crippen molar-refractivity contribution in [2.75, 3.05) is 0 Å². The Balaban J connectivity index is 0.00000841. The molecule has 0 radical (unpaired) electrons. The Kier molecular flexibility index (Phi) is 9.05. The molecule has 3 nitrogen and oxygen atoms in total. The molecule has 0 aliphatic carbocycles. The third kappa shape index (κ3) is 9.25. The minimum Gasteiger partial charge on any atom is -0.507 e. The molecule has 0 saturated heterocycles. The maximum atomic E-state index is 12.4. The van der Waals surface area contributed by atoms with Crippen LogP contribution in [0, 0.1) is 12.1 Å². The molecule has 332 valence electrons. The van der Waals surface area contributed by atoms with Gasteiger partial charge in [0.1, 0.15) is 11.6 Å². The third-order valence-corrected chi connectivity index (χ3v) is 11.9. The van der Waals surface area contributed by atoms with Gasteiger partial charge in [-0.3, -0.25) is 4.57 Å². The molecule has 1 aromatic heterocycles. The van der Waals surface area contributed by atoms with Gasteiger partial charge in [0.2, 0.25) is 0 Å². The molecule has 66 heavy (non-hydrogen) atoms. The summed E-state index contributed by atoms with van der Waals surface area (Å²) >= 11 is 0. The van der Waals surface area contributed by atoms with E-state index in [9.17, 15) is 9.22 Å². The summed E-state index contributed by atoms with van der Waals surface area (Å²) < 4.78 is 122. The van der Waals surface area contributed by atoms with Crippen molar-refractivity contribution in [1.82, 2.24) is 9.55 Å². The van der Waals surface area contributed by atoms with Crippen molar-refractivity contribution in [3.63, 3.8) is 0 Å². The van der Waals surface area contributed by atoms with E-state index in [1.54, 1.807) is 6.07 Å². The summed E-state index contributed by atoms with van der Waals surface area (Å²) in [4.78, 5) is 5.50. The van der Waals surface area contributed by atoms with Crippen molar-refractivity contribution in [3.8, 4) is 78.5 Å². The molecule has 0 aliphatic heterocycles. The number of benzene rings is 8. The summed E-state index contributed by atoms with van der Waals surface area (Å²) in [5, 5.41) is 12.4. The number of aromatic nitrogens is 2. The number of fused-ring (bicyclic) bond motifs is 1. The van der Waals surface area contributed by atoms with Crippen molar-refractivity contribution in [1.29, 1.82) is 0 Å². The zero-order valence-electron chi connectivity index (χ0n) is 51.6. The second kappa shape index (κ2) is 18.9. The minimum atomic E-state index is -3.82. The molecule has 4 heteroatoms. The molecule has 1 heterocycles. The second-order valence-electron chi connectivity index (χ2n) is 17.4. The Morgan fingerprint density at radius 2 is 1.26 bits per heavy atom. The zero-order chi connectivity index (χ0) is 57.5. The average Bonchev–Trinajstić information content (AvgIpc) is 3.92. The predicted molar refractivity (Wildman–Crippen MR) is 274 cm³/mol. The van der Waals surface area contributed by atoms with Crippen molar-refractivity contribution in [2.45, 2.75) is 85.2 Å². The minimum absolute atomic E-state index is 0. The monoisotopic (exact) mass is 1060 g/mol. The Hall–Kier alpha value is -6.28. The summed E-state index contributed by atoms with van der Waals surface area (Å²) in [7, 11) is 0. The molecule has 0 bridgehead atoms. The van der Waals surface area contributed by atoms with Crippen molar-refractivity contribution < 1.29 is 45.4 Å². The van der Waals surface area contributed by atoms with Crippen LogP contribution in [0.1, 0.15) is 121 Å². The van der Waals surface area contributed by atoms with Crippen LogP contribution in [-0.2, 0) is 26.5 Å². The summed E-state index contributed by atoms with van der Waals surface area (Å²) in [6.45, 7) is 0.547. The van der Waals surface area contributed by atoms with E-state index in [-0.39, 0.29) is 49.8 Å². The van der Waals surface area contributed by atoms with E-state index in [0.717, 1.165) is 44.6 Å². The van der Waals surface area contributed by atoms with E-state index in [1.807, 2.05) is 141 Å². The predicted octanol–water partition coefficient (Wildman–Crippen LogP) is 17.0. The van der Waals surface area contributed by atoms with Crippen molar-refractivity contribution in [2.24, 2.45) is 0 Å². The smallest absolute Gasteiger partial charge is 0.507 e. The van der Waals surface area contributed by atoms with Crippen LogP contribution in [0.5, 0.6) is 5.75 Å². The number of nitrogens with zero attached hydrogens (tertiary/aromatic N) is 2. The van der Waals surface area contributed by atoms with Crippen LogP contribution in [-0.4, -0.2) is 14.7 Å². The van der Waals surface area contributed by atoms with Gasteiger partial charge in [-0.2, -0.15) is 35.9 Å². The molecule has 0 fully saturated rings. The van der Waals surface area contributed by atoms with Gasteiger partial charge in [0, 0.05) is 19.4 Å². The van der Waals surface area contributed by atoms with E-state index < -0.39 is 61.6 Å². The van der Waals surface area contributed by atoms with Crippen LogP contribution in [0.4, 0.5) is 0 Å². The number of rotatable bonds is 10. The molecule has 9 rings (SSSR count). The van der Waals surface area contributed by atoms with Gasteiger partial charge in [0.15, 0.2) is 0 Å². The molecule has 8 aromatic carbocycles. The van der Waals surface area contributed by atoms with E-state index in [4.69, 9.17) is 20.1 Å². The van der Waals surface area contributed by atoms with Gasteiger partial charge in [-0.1, -0.05) is 182 Å². The first-order valence-electron chi connectivity index (χ1n) is 28.8. The average molecular weight is 1060 g/mol. The molecular formula is C62H58N2OPt. The van der Waals surface area contributed by atoms with Gasteiger partial charge in [0.25, 0.3) is 0 Å². The van der Waals surface area contributed by atoms with Crippen LogP contribution < -0.4 is 0 Å². The number of para-hydroxylation sites is 1. The van der Waals surface area contributed by atoms with Gasteiger partial charge >= 0.3 is 21.1 Å². The van der Waals surface area contributed by atoms with E-state index in [2.05, 4.69) is 38.1 Å². The quantitative estimate of drug-likeness (QED) is 0.139. The Morgan fingerprint density at radius 1 is 0.606 bits per heavy atom. The van der Waals surface area contributed by atoms with Gasteiger partial charge in [0.05, 0.1) is 22.1 Å². The Morgan fingerprint density at radius 3 is 1.89 bits per heavy atom. The van der Waals surface area contributed by atoms with Crippen LogP contribution in [0.15, 0.2) is 164 Å². The maximum absolute atomic E-state index is 12.4. The molecule has 0 unspecified atom stereocenters. The number of phenolic OH excluding ortho intramolecular Hbond substituents is 1. The van der Waals surface area contributed by atoms with Gasteiger partial charge in [-0.05, 0) is 91.9 Å². The number of hydrogen-bond donors (Lipinski definition) is 1.